The van der Waals surface area contributed by atoms with E-state index < -0.39 is 10.0 Å². The predicted molar refractivity (Wildman–Crippen MR) is 93.1 cm³/mol. The maximum absolute atomic E-state index is 12.0. The van der Waals surface area contributed by atoms with Gasteiger partial charge in [0.1, 0.15) is 0 Å². The molecule has 0 fully saturated rings. The van der Waals surface area contributed by atoms with Crippen molar-refractivity contribution in [3.8, 4) is 0 Å². The number of hydrogen-bond donors (Lipinski definition) is 2. The highest BCUT2D eigenvalue weighted by molar-refractivity contribution is 9.10. The van der Waals surface area contributed by atoms with Gasteiger partial charge < -0.3 is 5.73 Å². The van der Waals surface area contributed by atoms with Gasteiger partial charge in [-0.2, -0.15) is 0 Å². The highest BCUT2D eigenvalue weighted by Gasteiger charge is 2.10. The van der Waals surface area contributed by atoms with E-state index in [2.05, 4.69) is 20.7 Å². The van der Waals surface area contributed by atoms with Gasteiger partial charge in [-0.1, -0.05) is 22.0 Å². The van der Waals surface area contributed by atoms with Crippen LogP contribution in [0.3, 0.4) is 0 Å². The summed E-state index contributed by atoms with van der Waals surface area (Å²) in [7, 11) is -3.35. The number of halogens is 1. The minimum atomic E-state index is -3.35. The van der Waals surface area contributed by atoms with Gasteiger partial charge in [0.25, 0.3) is 0 Å². The Morgan fingerprint density at radius 2 is 1.86 bits per heavy atom. The molecule has 2 aromatic rings. The maximum Gasteiger partial charge on any atom is 0.233 e. The van der Waals surface area contributed by atoms with Crippen LogP contribution in [0, 0.1) is 0 Å². The zero-order valence-electron chi connectivity index (χ0n) is 11.1. The molecule has 0 bridgehead atoms. The standard InChI is InChI=1S/C14H15BrN2O2S2/c15-11-2-1-3-13(10-11)17-21(18,19)9-8-20-14-6-4-12(16)5-7-14/h1-7,10,17H,8-9,16H2. The van der Waals surface area contributed by atoms with Gasteiger partial charge in [0.05, 0.1) is 5.75 Å². The van der Waals surface area contributed by atoms with Gasteiger partial charge in [-0.15, -0.1) is 11.8 Å². The zero-order chi connectivity index (χ0) is 15.3. The van der Waals surface area contributed by atoms with E-state index in [0.29, 0.717) is 17.1 Å². The summed E-state index contributed by atoms with van der Waals surface area (Å²) < 4.78 is 27.4. The van der Waals surface area contributed by atoms with Gasteiger partial charge >= 0.3 is 0 Å². The van der Waals surface area contributed by atoms with E-state index in [9.17, 15) is 8.42 Å². The molecule has 0 unspecified atom stereocenters. The number of anilines is 2. The molecule has 0 aliphatic carbocycles. The number of hydrogen-bond acceptors (Lipinski definition) is 4. The normalized spacial score (nSPS) is 11.3. The van der Waals surface area contributed by atoms with Crippen LogP contribution < -0.4 is 10.5 Å². The molecule has 21 heavy (non-hydrogen) atoms. The maximum atomic E-state index is 12.0. The molecular formula is C14H15BrN2O2S2. The summed E-state index contributed by atoms with van der Waals surface area (Å²) in [6, 6.07) is 14.4. The van der Waals surface area contributed by atoms with Crippen molar-refractivity contribution in [2.45, 2.75) is 4.90 Å². The summed E-state index contributed by atoms with van der Waals surface area (Å²) in [4.78, 5) is 1.00. The third-order valence-corrected chi connectivity index (χ3v) is 5.65. The second kappa shape index (κ2) is 7.20. The molecular weight excluding hydrogens is 372 g/mol. The first-order chi connectivity index (χ1) is 9.94. The summed E-state index contributed by atoms with van der Waals surface area (Å²) in [5.74, 6) is 0.530. The van der Waals surface area contributed by atoms with E-state index >= 15 is 0 Å². The van der Waals surface area contributed by atoms with Gasteiger partial charge in [-0.05, 0) is 42.5 Å². The third-order valence-electron chi connectivity index (χ3n) is 2.60. The van der Waals surface area contributed by atoms with E-state index in [4.69, 9.17) is 5.73 Å². The summed E-state index contributed by atoms with van der Waals surface area (Å²) in [5.41, 5.74) is 6.86. The van der Waals surface area contributed by atoms with Crippen LogP contribution >= 0.6 is 27.7 Å². The average molecular weight is 387 g/mol. The number of benzene rings is 2. The average Bonchev–Trinajstić information content (AvgIpc) is 2.40. The quantitative estimate of drug-likeness (QED) is 0.587. The summed E-state index contributed by atoms with van der Waals surface area (Å²) >= 11 is 4.80. The van der Waals surface area contributed by atoms with Gasteiger partial charge in [0, 0.05) is 26.5 Å². The summed E-state index contributed by atoms with van der Waals surface area (Å²) in [5, 5.41) is 0. The largest absolute Gasteiger partial charge is 0.399 e. The Labute approximate surface area is 137 Å². The minimum Gasteiger partial charge on any atom is -0.399 e. The molecule has 7 heteroatoms. The van der Waals surface area contributed by atoms with Gasteiger partial charge in [-0.25, -0.2) is 8.42 Å². The molecule has 2 rings (SSSR count). The Balaban J connectivity index is 1.88. The number of rotatable bonds is 6. The molecule has 0 amide bonds. The number of nitrogen functional groups attached to an aromatic ring is 1. The van der Waals surface area contributed by atoms with Gasteiger partial charge in [-0.3, -0.25) is 4.72 Å². The number of sulfonamides is 1. The second-order valence-electron chi connectivity index (χ2n) is 4.35. The topological polar surface area (TPSA) is 72.2 Å². The molecule has 0 saturated carbocycles. The molecule has 0 aliphatic heterocycles. The minimum absolute atomic E-state index is 0.0502. The molecule has 0 radical (unpaired) electrons. The Kier molecular flexibility index (Phi) is 5.55. The van der Waals surface area contributed by atoms with Crippen molar-refractivity contribution >= 4 is 49.1 Å². The smallest absolute Gasteiger partial charge is 0.233 e. The molecule has 4 nitrogen and oxygen atoms in total. The molecule has 0 saturated heterocycles. The Bertz CT molecular complexity index is 703. The highest BCUT2D eigenvalue weighted by atomic mass is 79.9. The summed E-state index contributed by atoms with van der Waals surface area (Å²) in [6.07, 6.45) is 0. The van der Waals surface area contributed by atoms with E-state index in [0.717, 1.165) is 9.37 Å². The molecule has 0 spiro atoms. The fourth-order valence-electron chi connectivity index (χ4n) is 1.62. The lowest BCUT2D eigenvalue weighted by Crippen LogP contribution is -2.18. The number of nitrogens with one attached hydrogen (secondary N) is 1. The molecule has 0 atom stereocenters. The fraction of sp³-hybridized carbons (Fsp3) is 0.143. The van der Waals surface area contributed by atoms with Crippen LogP contribution in [0.15, 0.2) is 57.9 Å². The van der Waals surface area contributed by atoms with Crippen LogP contribution in [0.25, 0.3) is 0 Å². The van der Waals surface area contributed by atoms with Crippen molar-refractivity contribution < 1.29 is 8.42 Å². The second-order valence-corrected chi connectivity index (χ2v) is 8.27. The van der Waals surface area contributed by atoms with Crippen LogP contribution in [-0.2, 0) is 10.0 Å². The molecule has 0 aliphatic rings. The van der Waals surface area contributed by atoms with Gasteiger partial charge in [0.15, 0.2) is 0 Å². The molecule has 112 valence electrons. The monoisotopic (exact) mass is 386 g/mol. The van der Waals surface area contributed by atoms with Crippen molar-refractivity contribution in [3.05, 3.63) is 53.0 Å². The highest BCUT2D eigenvalue weighted by Crippen LogP contribution is 2.20. The van der Waals surface area contributed by atoms with Crippen molar-refractivity contribution in [1.29, 1.82) is 0 Å². The van der Waals surface area contributed by atoms with Gasteiger partial charge in [0.2, 0.25) is 10.0 Å². The molecule has 2 aromatic carbocycles. The third kappa shape index (κ3) is 5.61. The summed E-state index contributed by atoms with van der Waals surface area (Å²) in [6.45, 7) is 0. The predicted octanol–water partition coefficient (Wildman–Crippen LogP) is 3.57. The number of thioether (sulfide) groups is 1. The van der Waals surface area contributed by atoms with E-state index in [1.54, 1.807) is 30.3 Å². The molecule has 0 aromatic heterocycles. The van der Waals surface area contributed by atoms with Crippen molar-refractivity contribution in [2.24, 2.45) is 0 Å². The van der Waals surface area contributed by atoms with Crippen LogP contribution in [0.4, 0.5) is 11.4 Å². The van der Waals surface area contributed by atoms with Crippen molar-refractivity contribution in [3.63, 3.8) is 0 Å². The first kappa shape index (κ1) is 16.2. The van der Waals surface area contributed by atoms with Crippen LogP contribution in [0.2, 0.25) is 0 Å². The Morgan fingerprint density at radius 3 is 2.52 bits per heavy atom. The Hall–Kier alpha value is -1.18. The number of nitrogens with two attached hydrogens (primary N) is 1. The van der Waals surface area contributed by atoms with Crippen LogP contribution in [0.5, 0.6) is 0 Å². The van der Waals surface area contributed by atoms with Crippen LogP contribution in [-0.4, -0.2) is 19.9 Å². The first-order valence-corrected chi connectivity index (χ1v) is 9.62. The fourth-order valence-corrected chi connectivity index (χ4v) is 4.38. The molecule has 3 N–H and O–H groups in total. The zero-order valence-corrected chi connectivity index (χ0v) is 14.3. The van der Waals surface area contributed by atoms with Crippen molar-refractivity contribution in [1.82, 2.24) is 0 Å². The SMILES string of the molecule is Nc1ccc(SCCS(=O)(=O)Nc2cccc(Br)c2)cc1. The van der Waals surface area contributed by atoms with E-state index in [1.165, 1.54) is 11.8 Å². The van der Waals surface area contributed by atoms with E-state index in [1.807, 2.05) is 18.2 Å². The molecule has 0 heterocycles. The first-order valence-electron chi connectivity index (χ1n) is 6.19. The van der Waals surface area contributed by atoms with Crippen molar-refractivity contribution in [2.75, 3.05) is 22.0 Å². The Morgan fingerprint density at radius 1 is 1.14 bits per heavy atom. The lowest BCUT2D eigenvalue weighted by atomic mass is 10.3. The van der Waals surface area contributed by atoms with Crippen LogP contribution in [0.1, 0.15) is 0 Å². The lowest BCUT2D eigenvalue weighted by molar-refractivity contribution is 0.602. The van der Waals surface area contributed by atoms with E-state index in [-0.39, 0.29) is 5.75 Å². The lowest BCUT2D eigenvalue weighted by Gasteiger charge is -2.08.